The van der Waals surface area contributed by atoms with Crippen molar-refractivity contribution in [3.05, 3.63) is 0 Å². The van der Waals surface area contributed by atoms with Crippen LogP contribution in [-0.2, 0) is 42.9 Å². The predicted molar refractivity (Wildman–Crippen MR) is 126 cm³/mol. The van der Waals surface area contributed by atoms with Crippen LogP contribution in [0.3, 0.4) is 0 Å². The number of rotatable bonds is 3. The van der Waals surface area contributed by atoms with Crippen molar-refractivity contribution in [1.82, 2.24) is 0 Å². The van der Waals surface area contributed by atoms with E-state index in [1.165, 1.54) is 27.7 Å². The van der Waals surface area contributed by atoms with Crippen LogP contribution in [0.1, 0.15) is 67.2 Å². The summed E-state index contributed by atoms with van der Waals surface area (Å²) in [4.78, 5) is 50.0. The average Bonchev–Trinajstić information content (AvgIpc) is 3.53. The molecular weight excluding hydrogens is 504 g/mol. The molecule has 2 aliphatic heterocycles. The number of carbonyl (C=O) groups is 4. The fourth-order valence-electron chi connectivity index (χ4n) is 7.11. The van der Waals surface area contributed by atoms with Gasteiger partial charge in [-0.25, -0.2) is 0 Å². The van der Waals surface area contributed by atoms with Gasteiger partial charge in [0.2, 0.25) is 0 Å². The van der Waals surface area contributed by atoms with Crippen LogP contribution in [0.2, 0.25) is 0 Å². The summed E-state index contributed by atoms with van der Waals surface area (Å²) in [6.07, 6.45) is -6.33. The van der Waals surface area contributed by atoms with Crippen molar-refractivity contribution >= 4 is 23.9 Å². The lowest BCUT2D eigenvalue weighted by atomic mass is 9.52. The van der Waals surface area contributed by atoms with E-state index in [1.54, 1.807) is 6.92 Å². The summed E-state index contributed by atoms with van der Waals surface area (Å²) in [6.45, 7) is 8.24. The normalized spacial score (nSPS) is 48.2. The summed E-state index contributed by atoms with van der Waals surface area (Å²) in [6, 6.07) is 0. The Morgan fingerprint density at radius 2 is 1.42 bits per heavy atom. The van der Waals surface area contributed by atoms with Gasteiger partial charge in [-0.1, -0.05) is 6.92 Å². The van der Waals surface area contributed by atoms with E-state index in [2.05, 4.69) is 0 Å². The molecule has 0 unspecified atom stereocenters. The fraction of sp³-hybridized carbons (Fsp3) is 0.846. The zero-order valence-electron chi connectivity index (χ0n) is 22.6. The third kappa shape index (κ3) is 4.39. The van der Waals surface area contributed by atoms with Crippen molar-refractivity contribution in [2.45, 2.75) is 115 Å². The second-order valence-electron chi connectivity index (χ2n) is 11.8. The van der Waals surface area contributed by atoms with Crippen LogP contribution in [0, 0.1) is 17.3 Å². The molecule has 2 saturated heterocycles. The zero-order valence-corrected chi connectivity index (χ0v) is 22.6. The van der Waals surface area contributed by atoms with Crippen LogP contribution < -0.4 is 0 Å². The first kappa shape index (κ1) is 28.7. The quantitative estimate of drug-likeness (QED) is 0.250. The van der Waals surface area contributed by atoms with Gasteiger partial charge in [0.15, 0.2) is 11.7 Å². The van der Waals surface area contributed by atoms with Gasteiger partial charge < -0.3 is 39.0 Å². The van der Waals surface area contributed by atoms with Crippen LogP contribution >= 0.6 is 0 Å². The van der Waals surface area contributed by atoms with Crippen molar-refractivity contribution in [1.29, 1.82) is 0 Å². The monoisotopic (exact) mass is 542 g/mol. The summed E-state index contributed by atoms with van der Waals surface area (Å²) in [5, 5.41) is 35.0. The Labute approximate surface area is 220 Å². The van der Waals surface area contributed by atoms with E-state index < -0.39 is 88.5 Å². The molecule has 38 heavy (non-hydrogen) atoms. The molecule has 0 radical (unpaired) electrons. The number of ether oxygens (including phenoxy) is 5. The molecule has 4 rings (SSSR count). The fourth-order valence-corrected chi connectivity index (χ4v) is 7.11. The van der Waals surface area contributed by atoms with Gasteiger partial charge in [0.05, 0.1) is 29.1 Å². The number of fused-ring (bicyclic) bond motifs is 3. The molecule has 4 aliphatic rings. The van der Waals surface area contributed by atoms with E-state index in [0.717, 1.165) is 6.92 Å². The van der Waals surface area contributed by atoms with Gasteiger partial charge in [-0.05, 0) is 39.5 Å². The number of esters is 4. The highest BCUT2D eigenvalue weighted by Crippen LogP contribution is 2.62. The zero-order chi connectivity index (χ0) is 28.4. The van der Waals surface area contributed by atoms with E-state index in [0.29, 0.717) is 12.8 Å². The maximum Gasteiger partial charge on any atom is 0.312 e. The van der Waals surface area contributed by atoms with E-state index in [4.69, 9.17) is 23.7 Å². The molecule has 0 aromatic rings. The van der Waals surface area contributed by atoms with Crippen molar-refractivity contribution in [2.75, 3.05) is 6.61 Å². The van der Waals surface area contributed by atoms with Crippen LogP contribution in [0.5, 0.6) is 0 Å². The highest BCUT2D eigenvalue weighted by Gasteiger charge is 2.76. The van der Waals surface area contributed by atoms with Crippen molar-refractivity contribution in [2.24, 2.45) is 17.3 Å². The summed E-state index contributed by atoms with van der Waals surface area (Å²) >= 11 is 0. The predicted octanol–water partition coefficient (Wildman–Crippen LogP) is 0.165. The van der Waals surface area contributed by atoms with Crippen molar-refractivity contribution in [3.8, 4) is 0 Å². The van der Waals surface area contributed by atoms with Crippen molar-refractivity contribution in [3.63, 3.8) is 0 Å². The summed E-state index contributed by atoms with van der Waals surface area (Å²) < 4.78 is 28.8. The molecule has 2 heterocycles. The van der Waals surface area contributed by atoms with Crippen LogP contribution in [0.15, 0.2) is 0 Å². The smallest absolute Gasteiger partial charge is 0.312 e. The second kappa shape index (κ2) is 9.42. The SMILES string of the molecule is CC(=O)O[C@H]1CC[C@]2(CO2)[C@@H]2[C@H](OC(C)=O)[C@]3(O)[C@@H](C)C(=O)O[C@H]3[C@@H](O)[C@](C)(O)CC[C@H](OC(C)=O)[C@@]12C. The summed E-state index contributed by atoms with van der Waals surface area (Å²) in [5.74, 6) is -5.12. The van der Waals surface area contributed by atoms with Gasteiger partial charge >= 0.3 is 23.9 Å². The molecule has 11 atom stereocenters. The number of hydrogen-bond donors (Lipinski definition) is 3. The van der Waals surface area contributed by atoms with Gasteiger partial charge in [0, 0.05) is 26.7 Å². The molecule has 0 bridgehead atoms. The van der Waals surface area contributed by atoms with Crippen molar-refractivity contribution < 1.29 is 58.2 Å². The van der Waals surface area contributed by atoms with E-state index in [-0.39, 0.29) is 19.4 Å². The van der Waals surface area contributed by atoms with Gasteiger partial charge in [-0.2, -0.15) is 0 Å². The molecule has 2 aliphatic carbocycles. The third-order valence-electron chi connectivity index (χ3n) is 9.22. The molecule has 12 heteroatoms. The Hall–Kier alpha value is -2.28. The maximum absolute atomic E-state index is 12.9. The van der Waals surface area contributed by atoms with Gasteiger partial charge in [-0.15, -0.1) is 0 Å². The lowest BCUT2D eigenvalue weighted by molar-refractivity contribution is -0.263. The molecule has 0 aromatic heterocycles. The Kier molecular flexibility index (Phi) is 7.12. The van der Waals surface area contributed by atoms with Crippen LogP contribution in [-0.4, -0.2) is 93.1 Å². The Morgan fingerprint density at radius 3 is 1.89 bits per heavy atom. The first-order valence-corrected chi connectivity index (χ1v) is 13.0. The lowest BCUT2D eigenvalue weighted by Crippen LogP contribution is -2.72. The second-order valence-corrected chi connectivity index (χ2v) is 11.8. The number of aliphatic hydroxyl groups excluding tert-OH is 1. The number of hydrogen-bond acceptors (Lipinski definition) is 12. The minimum atomic E-state index is -2.33. The van der Waals surface area contributed by atoms with Gasteiger partial charge in [0.1, 0.15) is 24.4 Å². The van der Waals surface area contributed by atoms with E-state index >= 15 is 0 Å². The highest BCUT2D eigenvalue weighted by molar-refractivity contribution is 5.77. The highest BCUT2D eigenvalue weighted by atomic mass is 16.6. The first-order valence-electron chi connectivity index (χ1n) is 13.0. The molecule has 214 valence electrons. The van der Waals surface area contributed by atoms with E-state index in [1.807, 2.05) is 0 Å². The Balaban J connectivity index is 2.02. The van der Waals surface area contributed by atoms with Crippen LogP contribution in [0.4, 0.5) is 0 Å². The molecule has 2 saturated carbocycles. The molecule has 4 fully saturated rings. The summed E-state index contributed by atoms with van der Waals surface area (Å²) in [7, 11) is 0. The topological polar surface area (TPSA) is 178 Å². The number of epoxide rings is 1. The molecule has 0 amide bonds. The first-order chi connectivity index (χ1) is 17.5. The van der Waals surface area contributed by atoms with E-state index in [9.17, 15) is 34.5 Å². The lowest BCUT2D eigenvalue weighted by Gasteiger charge is -2.57. The molecule has 12 nitrogen and oxygen atoms in total. The Bertz CT molecular complexity index is 1000. The molecular formula is C26H38O12. The Morgan fingerprint density at radius 1 is 0.921 bits per heavy atom. The number of aliphatic hydroxyl groups is 3. The van der Waals surface area contributed by atoms with Gasteiger partial charge in [0.25, 0.3) is 0 Å². The van der Waals surface area contributed by atoms with Crippen LogP contribution in [0.25, 0.3) is 0 Å². The standard InChI is InChI=1S/C26H38O12/c1-12-22(31)38-21-19(30)23(5,32)9-7-16(35-13(2)27)24(6)17(36-14(3)28)8-10-25(11-34-25)18(24)20(26(12,21)33)37-15(4)29/h12,16-21,30,32-33H,7-11H2,1-6H3/t12-,16-,17-,18+,19+,20-,21-,23+,24-,25-,26+/m0/s1. The molecule has 1 spiro atoms. The minimum absolute atomic E-state index is 0.00588. The third-order valence-corrected chi connectivity index (χ3v) is 9.22. The van der Waals surface area contributed by atoms with Gasteiger partial charge in [-0.3, -0.25) is 19.2 Å². The molecule has 3 N–H and O–H groups in total. The summed E-state index contributed by atoms with van der Waals surface area (Å²) in [5.41, 5.74) is -6.55. The minimum Gasteiger partial charge on any atom is -0.462 e. The molecule has 0 aromatic carbocycles. The average molecular weight is 543 g/mol. The number of carbonyl (C=O) groups excluding carboxylic acids is 4. The largest absolute Gasteiger partial charge is 0.462 e. The maximum atomic E-state index is 12.9.